The second-order valence-electron chi connectivity index (χ2n) is 4.25. The van der Waals surface area contributed by atoms with Gasteiger partial charge in [-0.05, 0) is 24.1 Å². The molecule has 0 saturated heterocycles. The van der Waals surface area contributed by atoms with E-state index in [1.165, 1.54) is 23.5 Å². The van der Waals surface area contributed by atoms with Gasteiger partial charge in [-0.25, -0.2) is 4.39 Å². The van der Waals surface area contributed by atoms with Crippen LogP contribution >= 0.6 is 11.3 Å². The van der Waals surface area contributed by atoms with Gasteiger partial charge in [0.15, 0.2) is 0 Å². The van der Waals surface area contributed by atoms with E-state index in [-0.39, 0.29) is 19.0 Å². The van der Waals surface area contributed by atoms with E-state index in [4.69, 9.17) is 0 Å². The fourth-order valence-electron chi connectivity index (χ4n) is 1.93. The first-order valence-corrected chi connectivity index (χ1v) is 6.43. The molecular weight excluding hydrogens is 253 g/mol. The standard InChI is InChI=1S/C13H14FNO2S/c14-11-3-1-2-10(4-11)13(7-16,8-17)5-12-6-15-9-18-12/h1-4,6,9,16-17H,5,7-8H2. The van der Waals surface area contributed by atoms with Crippen LogP contribution in [0.1, 0.15) is 10.4 Å². The van der Waals surface area contributed by atoms with Crippen LogP contribution in [0.4, 0.5) is 4.39 Å². The van der Waals surface area contributed by atoms with Crippen molar-refractivity contribution in [3.63, 3.8) is 0 Å². The smallest absolute Gasteiger partial charge is 0.123 e. The van der Waals surface area contributed by atoms with Crippen LogP contribution in [0.15, 0.2) is 36.0 Å². The molecule has 3 nitrogen and oxygen atoms in total. The van der Waals surface area contributed by atoms with Gasteiger partial charge in [0.2, 0.25) is 0 Å². The maximum Gasteiger partial charge on any atom is 0.123 e. The largest absolute Gasteiger partial charge is 0.395 e. The number of aromatic nitrogens is 1. The number of benzene rings is 1. The third-order valence-corrected chi connectivity index (χ3v) is 3.82. The summed E-state index contributed by atoms with van der Waals surface area (Å²) in [6.45, 7) is -0.490. The summed E-state index contributed by atoms with van der Waals surface area (Å²) in [4.78, 5) is 4.91. The zero-order valence-corrected chi connectivity index (χ0v) is 10.5. The van der Waals surface area contributed by atoms with Gasteiger partial charge in [-0.2, -0.15) is 0 Å². The van der Waals surface area contributed by atoms with Gasteiger partial charge in [0.1, 0.15) is 5.82 Å². The molecule has 0 fully saturated rings. The molecule has 0 aliphatic heterocycles. The van der Waals surface area contributed by atoms with Crippen molar-refractivity contribution in [3.8, 4) is 0 Å². The van der Waals surface area contributed by atoms with Crippen molar-refractivity contribution < 1.29 is 14.6 Å². The van der Waals surface area contributed by atoms with Gasteiger partial charge in [-0.1, -0.05) is 12.1 Å². The molecule has 2 aromatic rings. The highest BCUT2D eigenvalue weighted by molar-refractivity contribution is 7.09. The Morgan fingerprint density at radius 3 is 2.61 bits per heavy atom. The summed E-state index contributed by atoms with van der Waals surface area (Å²) in [7, 11) is 0. The number of hydrogen-bond acceptors (Lipinski definition) is 4. The summed E-state index contributed by atoms with van der Waals surface area (Å²) >= 11 is 1.45. The molecule has 0 radical (unpaired) electrons. The molecule has 96 valence electrons. The first-order valence-electron chi connectivity index (χ1n) is 5.55. The molecule has 1 aromatic carbocycles. The zero-order chi connectivity index (χ0) is 13.0. The second-order valence-corrected chi connectivity index (χ2v) is 5.22. The van der Waals surface area contributed by atoms with Crippen molar-refractivity contribution >= 4 is 11.3 Å². The van der Waals surface area contributed by atoms with Crippen molar-refractivity contribution in [2.24, 2.45) is 0 Å². The van der Waals surface area contributed by atoms with Gasteiger partial charge < -0.3 is 10.2 Å². The van der Waals surface area contributed by atoms with Crippen LogP contribution in [0.2, 0.25) is 0 Å². The number of nitrogens with zero attached hydrogens (tertiary/aromatic N) is 1. The van der Waals surface area contributed by atoms with Gasteiger partial charge in [-0.3, -0.25) is 4.98 Å². The number of thiazole rings is 1. The van der Waals surface area contributed by atoms with Crippen molar-refractivity contribution in [3.05, 3.63) is 52.2 Å². The number of hydrogen-bond donors (Lipinski definition) is 2. The number of aliphatic hydroxyl groups is 2. The molecule has 0 unspecified atom stereocenters. The van der Waals surface area contributed by atoms with Gasteiger partial charge in [-0.15, -0.1) is 11.3 Å². The molecular formula is C13H14FNO2S. The minimum absolute atomic E-state index is 0.245. The molecule has 1 aromatic heterocycles. The van der Waals surface area contributed by atoms with E-state index < -0.39 is 5.41 Å². The number of aliphatic hydroxyl groups excluding tert-OH is 2. The third-order valence-electron chi connectivity index (χ3n) is 3.04. The molecule has 5 heteroatoms. The fraction of sp³-hybridized carbons (Fsp3) is 0.308. The SMILES string of the molecule is OCC(CO)(Cc1cncs1)c1cccc(F)c1. The number of halogens is 1. The quantitative estimate of drug-likeness (QED) is 0.867. The Morgan fingerprint density at radius 2 is 2.06 bits per heavy atom. The Bertz CT molecular complexity index is 497. The van der Waals surface area contributed by atoms with Crippen molar-refractivity contribution in [1.82, 2.24) is 4.98 Å². The molecule has 0 amide bonds. The first kappa shape index (κ1) is 13.1. The van der Waals surface area contributed by atoms with Crippen LogP contribution in [0, 0.1) is 5.82 Å². The van der Waals surface area contributed by atoms with E-state index in [0.717, 1.165) is 4.88 Å². The molecule has 0 aliphatic carbocycles. The van der Waals surface area contributed by atoms with Crippen molar-refractivity contribution in [2.45, 2.75) is 11.8 Å². The Labute approximate surface area is 109 Å². The maximum atomic E-state index is 13.3. The Morgan fingerprint density at radius 1 is 1.28 bits per heavy atom. The van der Waals surface area contributed by atoms with Crippen LogP contribution in [0.3, 0.4) is 0 Å². The van der Waals surface area contributed by atoms with Crippen LogP contribution in [0.25, 0.3) is 0 Å². The Kier molecular flexibility index (Phi) is 4.06. The van der Waals surface area contributed by atoms with Crippen LogP contribution in [-0.4, -0.2) is 28.4 Å². The lowest BCUT2D eigenvalue weighted by Gasteiger charge is -2.29. The minimum Gasteiger partial charge on any atom is -0.395 e. The first-order chi connectivity index (χ1) is 8.70. The van der Waals surface area contributed by atoms with Gasteiger partial charge in [0.05, 0.1) is 18.7 Å². The van der Waals surface area contributed by atoms with E-state index in [1.54, 1.807) is 23.8 Å². The minimum atomic E-state index is -0.866. The molecule has 0 bridgehead atoms. The lowest BCUT2D eigenvalue weighted by molar-refractivity contribution is 0.116. The molecule has 0 spiro atoms. The molecule has 0 atom stereocenters. The Hall–Kier alpha value is -1.30. The highest BCUT2D eigenvalue weighted by atomic mass is 32.1. The molecule has 0 saturated carbocycles. The second kappa shape index (κ2) is 5.56. The highest BCUT2D eigenvalue weighted by Crippen LogP contribution is 2.29. The summed E-state index contributed by atoms with van der Waals surface area (Å²) in [6, 6.07) is 6.00. The summed E-state index contributed by atoms with van der Waals surface area (Å²) in [5, 5.41) is 19.2. The normalized spacial score (nSPS) is 11.7. The topological polar surface area (TPSA) is 53.4 Å². The average molecular weight is 267 g/mol. The predicted octanol–water partition coefficient (Wildman–Crippen LogP) is 1.75. The van der Waals surface area contributed by atoms with E-state index in [9.17, 15) is 14.6 Å². The van der Waals surface area contributed by atoms with Crippen LogP contribution in [-0.2, 0) is 11.8 Å². The average Bonchev–Trinajstić information content (AvgIpc) is 2.89. The van der Waals surface area contributed by atoms with E-state index >= 15 is 0 Å². The molecule has 1 heterocycles. The maximum absolute atomic E-state index is 13.3. The van der Waals surface area contributed by atoms with Crippen molar-refractivity contribution in [2.75, 3.05) is 13.2 Å². The lowest BCUT2D eigenvalue weighted by Crippen LogP contribution is -2.37. The fourth-order valence-corrected chi connectivity index (χ4v) is 2.67. The summed E-state index contributed by atoms with van der Waals surface area (Å²) in [5.74, 6) is -0.372. The predicted molar refractivity (Wildman–Crippen MR) is 68.1 cm³/mol. The highest BCUT2D eigenvalue weighted by Gasteiger charge is 2.32. The van der Waals surface area contributed by atoms with Crippen molar-refractivity contribution in [1.29, 1.82) is 0 Å². The molecule has 2 N–H and O–H groups in total. The summed E-state index contributed by atoms with van der Waals surface area (Å²) in [5.41, 5.74) is 1.43. The Balaban J connectivity index is 2.37. The van der Waals surface area contributed by atoms with Gasteiger partial charge in [0.25, 0.3) is 0 Å². The number of rotatable bonds is 5. The monoisotopic (exact) mass is 267 g/mol. The third kappa shape index (κ3) is 2.58. The van der Waals surface area contributed by atoms with E-state index in [2.05, 4.69) is 4.98 Å². The summed E-state index contributed by atoms with van der Waals surface area (Å²) < 4.78 is 13.3. The molecule has 0 aliphatic rings. The van der Waals surface area contributed by atoms with Gasteiger partial charge >= 0.3 is 0 Å². The van der Waals surface area contributed by atoms with E-state index in [1.807, 2.05) is 0 Å². The molecule has 2 rings (SSSR count). The molecule has 18 heavy (non-hydrogen) atoms. The van der Waals surface area contributed by atoms with Crippen LogP contribution in [0.5, 0.6) is 0 Å². The van der Waals surface area contributed by atoms with Crippen LogP contribution < -0.4 is 0 Å². The lowest BCUT2D eigenvalue weighted by atomic mass is 9.78. The summed E-state index contributed by atoms with van der Waals surface area (Å²) in [6.07, 6.45) is 2.14. The van der Waals surface area contributed by atoms with Gasteiger partial charge in [0, 0.05) is 16.5 Å². The van der Waals surface area contributed by atoms with E-state index in [0.29, 0.717) is 12.0 Å². The zero-order valence-electron chi connectivity index (χ0n) is 9.71.